The maximum Gasteiger partial charge on any atom is 0.391 e. The van der Waals surface area contributed by atoms with Crippen molar-refractivity contribution in [3.63, 3.8) is 0 Å². The van der Waals surface area contributed by atoms with Crippen LogP contribution >= 0.6 is 0 Å². The predicted octanol–water partition coefficient (Wildman–Crippen LogP) is 3.18. The molecule has 3 unspecified atom stereocenters. The average molecular weight is 278 g/mol. The molecule has 0 aromatic heterocycles. The SMILES string of the molecule is CC(CN1CCCC1)NC1CCCC(C(F)(F)F)C1. The predicted molar refractivity (Wildman–Crippen MR) is 70.1 cm³/mol. The summed E-state index contributed by atoms with van der Waals surface area (Å²) in [6, 6.07) is 0.327. The van der Waals surface area contributed by atoms with Crippen LogP contribution < -0.4 is 5.32 Å². The summed E-state index contributed by atoms with van der Waals surface area (Å²) in [4.78, 5) is 2.40. The number of alkyl halides is 3. The Morgan fingerprint density at radius 2 is 1.84 bits per heavy atom. The Morgan fingerprint density at radius 1 is 1.16 bits per heavy atom. The van der Waals surface area contributed by atoms with E-state index in [9.17, 15) is 13.2 Å². The lowest BCUT2D eigenvalue weighted by atomic mass is 9.85. The summed E-state index contributed by atoms with van der Waals surface area (Å²) in [6.07, 6.45) is 0.641. The second-order valence-electron chi connectivity index (χ2n) is 6.18. The summed E-state index contributed by atoms with van der Waals surface area (Å²) >= 11 is 0. The van der Waals surface area contributed by atoms with Crippen LogP contribution in [-0.4, -0.2) is 42.8 Å². The van der Waals surface area contributed by atoms with Crippen LogP contribution in [0.3, 0.4) is 0 Å². The molecule has 0 spiro atoms. The van der Waals surface area contributed by atoms with Gasteiger partial charge < -0.3 is 10.2 Å². The molecule has 19 heavy (non-hydrogen) atoms. The highest BCUT2D eigenvalue weighted by atomic mass is 19.4. The highest BCUT2D eigenvalue weighted by Crippen LogP contribution is 2.37. The molecule has 2 aliphatic rings. The van der Waals surface area contributed by atoms with Gasteiger partial charge in [-0.3, -0.25) is 0 Å². The molecule has 1 aliphatic carbocycles. The number of nitrogens with zero attached hydrogens (tertiary/aromatic N) is 1. The lowest BCUT2D eigenvalue weighted by molar-refractivity contribution is -0.183. The summed E-state index contributed by atoms with van der Waals surface area (Å²) in [5, 5.41) is 3.41. The van der Waals surface area contributed by atoms with Gasteiger partial charge in [0.2, 0.25) is 0 Å². The fraction of sp³-hybridized carbons (Fsp3) is 1.00. The largest absolute Gasteiger partial charge is 0.391 e. The Balaban J connectivity index is 1.75. The van der Waals surface area contributed by atoms with Gasteiger partial charge in [-0.2, -0.15) is 13.2 Å². The zero-order chi connectivity index (χ0) is 13.9. The third kappa shape index (κ3) is 4.63. The highest BCUT2D eigenvalue weighted by Gasteiger charge is 2.42. The summed E-state index contributed by atoms with van der Waals surface area (Å²) in [7, 11) is 0. The van der Waals surface area contributed by atoms with E-state index < -0.39 is 12.1 Å². The molecule has 112 valence electrons. The summed E-state index contributed by atoms with van der Waals surface area (Å²) in [5.74, 6) is -1.10. The summed E-state index contributed by atoms with van der Waals surface area (Å²) in [6.45, 7) is 5.34. The smallest absolute Gasteiger partial charge is 0.310 e. The molecule has 5 heteroatoms. The van der Waals surface area contributed by atoms with Crippen molar-refractivity contribution in [3.8, 4) is 0 Å². The highest BCUT2D eigenvalue weighted by molar-refractivity contribution is 4.84. The summed E-state index contributed by atoms with van der Waals surface area (Å²) < 4.78 is 38.2. The molecule has 0 aromatic rings. The lowest BCUT2D eigenvalue weighted by Crippen LogP contribution is -2.46. The number of halogens is 3. The van der Waals surface area contributed by atoms with Gasteiger partial charge in [0.25, 0.3) is 0 Å². The third-order valence-corrected chi connectivity index (χ3v) is 4.39. The van der Waals surface area contributed by atoms with Gasteiger partial charge in [0.15, 0.2) is 0 Å². The molecule has 2 nitrogen and oxygen atoms in total. The molecule has 1 saturated carbocycles. The van der Waals surface area contributed by atoms with Crippen molar-refractivity contribution >= 4 is 0 Å². The van der Waals surface area contributed by atoms with Crippen LogP contribution in [0, 0.1) is 5.92 Å². The van der Waals surface area contributed by atoms with Crippen LogP contribution in [0.1, 0.15) is 45.4 Å². The van der Waals surface area contributed by atoms with E-state index in [1.54, 1.807) is 0 Å². The van der Waals surface area contributed by atoms with Crippen LogP contribution in [0.2, 0.25) is 0 Å². The molecular formula is C14H25F3N2. The normalized spacial score (nSPS) is 31.6. The Morgan fingerprint density at radius 3 is 2.47 bits per heavy atom. The van der Waals surface area contributed by atoms with Gasteiger partial charge in [-0.15, -0.1) is 0 Å². The van der Waals surface area contributed by atoms with Crippen LogP contribution in [-0.2, 0) is 0 Å². The molecule has 1 N–H and O–H groups in total. The number of hydrogen-bond donors (Lipinski definition) is 1. The second-order valence-corrected chi connectivity index (χ2v) is 6.18. The molecule has 0 amide bonds. The first-order valence-electron chi connectivity index (χ1n) is 7.50. The van der Waals surface area contributed by atoms with E-state index in [2.05, 4.69) is 17.1 Å². The minimum atomic E-state index is -4.02. The number of likely N-dealkylation sites (tertiary alicyclic amines) is 1. The molecule has 1 saturated heterocycles. The second kappa shape index (κ2) is 6.44. The van der Waals surface area contributed by atoms with Crippen molar-refractivity contribution in [2.45, 2.75) is 63.7 Å². The zero-order valence-corrected chi connectivity index (χ0v) is 11.7. The van der Waals surface area contributed by atoms with E-state index in [4.69, 9.17) is 0 Å². The molecule has 0 bridgehead atoms. The maximum absolute atomic E-state index is 12.7. The van der Waals surface area contributed by atoms with Crippen molar-refractivity contribution in [2.24, 2.45) is 5.92 Å². The molecular weight excluding hydrogens is 253 g/mol. The van der Waals surface area contributed by atoms with E-state index in [1.807, 2.05) is 0 Å². The minimum Gasteiger partial charge on any atom is -0.310 e. The minimum absolute atomic E-state index is 0.0398. The van der Waals surface area contributed by atoms with Crippen LogP contribution in [0.15, 0.2) is 0 Å². The fourth-order valence-electron chi connectivity index (χ4n) is 3.45. The first kappa shape index (κ1) is 15.1. The van der Waals surface area contributed by atoms with E-state index in [0.29, 0.717) is 12.8 Å². The van der Waals surface area contributed by atoms with Gasteiger partial charge in [-0.05, 0) is 52.1 Å². The molecule has 0 radical (unpaired) electrons. The zero-order valence-electron chi connectivity index (χ0n) is 11.7. The molecule has 0 aromatic carbocycles. The first-order chi connectivity index (χ1) is 8.95. The number of nitrogens with one attached hydrogen (secondary N) is 1. The maximum atomic E-state index is 12.7. The van der Waals surface area contributed by atoms with Crippen molar-refractivity contribution in [1.82, 2.24) is 10.2 Å². The standard InChI is InChI=1S/C14H25F3N2/c1-11(10-19-7-2-3-8-19)18-13-6-4-5-12(9-13)14(15,16)17/h11-13,18H,2-10H2,1H3. The van der Waals surface area contributed by atoms with E-state index in [1.165, 1.54) is 12.8 Å². The summed E-state index contributed by atoms with van der Waals surface area (Å²) in [5.41, 5.74) is 0. The van der Waals surface area contributed by atoms with E-state index >= 15 is 0 Å². The first-order valence-corrected chi connectivity index (χ1v) is 7.50. The van der Waals surface area contributed by atoms with Crippen LogP contribution in [0.25, 0.3) is 0 Å². The van der Waals surface area contributed by atoms with Gasteiger partial charge in [0.1, 0.15) is 0 Å². The van der Waals surface area contributed by atoms with Crippen molar-refractivity contribution < 1.29 is 13.2 Å². The Bertz CT molecular complexity index is 274. The number of rotatable bonds is 4. The third-order valence-electron chi connectivity index (χ3n) is 4.39. The average Bonchev–Trinajstić information content (AvgIpc) is 2.80. The van der Waals surface area contributed by atoms with Crippen molar-refractivity contribution in [2.75, 3.05) is 19.6 Å². The lowest BCUT2D eigenvalue weighted by Gasteiger charge is -2.33. The molecule has 2 fully saturated rings. The van der Waals surface area contributed by atoms with E-state index in [0.717, 1.165) is 26.1 Å². The fourth-order valence-corrected chi connectivity index (χ4v) is 3.45. The Kier molecular flexibility index (Phi) is 5.12. The topological polar surface area (TPSA) is 15.3 Å². The number of hydrogen-bond acceptors (Lipinski definition) is 2. The molecule has 1 aliphatic heterocycles. The Hall–Kier alpha value is -0.290. The van der Waals surface area contributed by atoms with Crippen molar-refractivity contribution in [3.05, 3.63) is 0 Å². The van der Waals surface area contributed by atoms with Gasteiger partial charge in [0.05, 0.1) is 5.92 Å². The molecule has 3 atom stereocenters. The van der Waals surface area contributed by atoms with E-state index in [-0.39, 0.29) is 18.5 Å². The van der Waals surface area contributed by atoms with Gasteiger partial charge >= 0.3 is 6.18 Å². The molecule has 1 heterocycles. The monoisotopic (exact) mass is 278 g/mol. The quantitative estimate of drug-likeness (QED) is 0.849. The Labute approximate surface area is 113 Å². The van der Waals surface area contributed by atoms with Gasteiger partial charge in [-0.1, -0.05) is 6.42 Å². The molecule has 2 rings (SSSR count). The van der Waals surface area contributed by atoms with Gasteiger partial charge in [0, 0.05) is 18.6 Å². The van der Waals surface area contributed by atoms with Gasteiger partial charge in [-0.25, -0.2) is 0 Å². The van der Waals surface area contributed by atoms with Crippen LogP contribution in [0.5, 0.6) is 0 Å². The van der Waals surface area contributed by atoms with Crippen molar-refractivity contribution in [1.29, 1.82) is 0 Å². The van der Waals surface area contributed by atoms with Crippen LogP contribution in [0.4, 0.5) is 13.2 Å².